The van der Waals surface area contributed by atoms with Crippen molar-refractivity contribution in [2.75, 3.05) is 5.32 Å². The van der Waals surface area contributed by atoms with Crippen LogP contribution in [0.25, 0.3) is 17.0 Å². The Kier molecular flexibility index (Phi) is 3.80. The lowest BCUT2D eigenvalue weighted by atomic mass is 10.3. The molecule has 0 amide bonds. The summed E-state index contributed by atoms with van der Waals surface area (Å²) in [7, 11) is 1.98. The Morgan fingerprint density at radius 3 is 2.64 bits per heavy atom. The molecule has 1 aromatic carbocycles. The summed E-state index contributed by atoms with van der Waals surface area (Å²) in [6, 6.07) is 12.0. The van der Waals surface area contributed by atoms with E-state index in [0.717, 1.165) is 38.4 Å². The Morgan fingerprint density at radius 2 is 1.92 bits per heavy atom. The van der Waals surface area contributed by atoms with Gasteiger partial charge < -0.3 is 9.88 Å². The SMILES string of the molecule is Cc1cc(C)n(-c2nc(Nc3cccc(Br)c3)c3ccn(C)c3n2)n1. The van der Waals surface area contributed by atoms with Gasteiger partial charge in [0.2, 0.25) is 0 Å². The van der Waals surface area contributed by atoms with Crippen LogP contribution in [0, 0.1) is 13.8 Å². The molecule has 126 valence electrons. The maximum Gasteiger partial charge on any atom is 0.254 e. The highest BCUT2D eigenvalue weighted by Crippen LogP contribution is 2.27. The molecule has 0 saturated carbocycles. The van der Waals surface area contributed by atoms with Crippen molar-refractivity contribution in [3.8, 4) is 5.95 Å². The molecule has 0 atom stereocenters. The zero-order chi connectivity index (χ0) is 17.6. The minimum Gasteiger partial charge on any atom is -0.339 e. The van der Waals surface area contributed by atoms with E-state index in [1.807, 2.05) is 68.1 Å². The van der Waals surface area contributed by atoms with Crippen molar-refractivity contribution >= 4 is 38.5 Å². The maximum absolute atomic E-state index is 4.73. The van der Waals surface area contributed by atoms with Crippen LogP contribution in [0.1, 0.15) is 11.4 Å². The van der Waals surface area contributed by atoms with Gasteiger partial charge in [0.15, 0.2) is 0 Å². The van der Waals surface area contributed by atoms with Gasteiger partial charge in [0.25, 0.3) is 5.95 Å². The number of hydrogen-bond acceptors (Lipinski definition) is 4. The first-order valence-electron chi connectivity index (χ1n) is 7.90. The summed E-state index contributed by atoms with van der Waals surface area (Å²) in [6.45, 7) is 3.96. The molecule has 3 aromatic heterocycles. The average molecular weight is 397 g/mol. The van der Waals surface area contributed by atoms with Crippen molar-refractivity contribution in [3.63, 3.8) is 0 Å². The number of anilines is 2. The molecule has 0 saturated heterocycles. The molecular formula is C18H17BrN6. The first kappa shape index (κ1) is 15.8. The molecule has 0 aliphatic rings. The molecule has 0 fully saturated rings. The number of nitrogens with one attached hydrogen (secondary N) is 1. The molecule has 0 aliphatic heterocycles. The number of aryl methyl sites for hydroxylation is 3. The summed E-state index contributed by atoms with van der Waals surface area (Å²) in [5.74, 6) is 1.31. The van der Waals surface area contributed by atoms with Gasteiger partial charge in [-0.3, -0.25) is 0 Å². The summed E-state index contributed by atoms with van der Waals surface area (Å²) in [5.41, 5.74) is 3.75. The molecule has 0 aliphatic carbocycles. The normalized spacial score (nSPS) is 11.2. The van der Waals surface area contributed by atoms with Gasteiger partial charge >= 0.3 is 0 Å². The van der Waals surface area contributed by atoms with E-state index in [2.05, 4.69) is 26.3 Å². The van der Waals surface area contributed by atoms with Crippen LogP contribution >= 0.6 is 15.9 Å². The lowest BCUT2D eigenvalue weighted by molar-refractivity contribution is 0.776. The molecule has 1 N–H and O–H groups in total. The number of halogens is 1. The fraction of sp³-hybridized carbons (Fsp3) is 0.167. The first-order valence-corrected chi connectivity index (χ1v) is 8.70. The van der Waals surface area contributed by atoms with E-state index >= 15 is 0 Å². The van der Waals surface area contributed by atoms with E-state index in [1.54, 1.807) is 4.68 Å². The van der Waals surface area contributed by atoms with E-state index in [4.69, 9.17) is 9.97 Å². The molecule has 0 unspecified atom stereocenters. The molecule has 0 bridgehead atoms. The molecule has 0 radical (unpaired) electrons. The first-order chi connectivity index (χ1) is 12.0. The van der Waals surface area contributed by atoms with E-state index < -0.39 is 0 Å². The third-order valence-electron chi connectivity index (χ3n) is 4.00. The second-order valence-corrected chi connectivity index (χ2v) is 6.93. The number of benzene rings is 1. The molecule has 4 rings (SSSR count). The van der Waals surface area contributed by atoms with Crippen molar-refractivity contribution in [2.24, 2.45) is 7.05 Å². The Bertz CT molecular complexity index is 1080. The Labute approximate surface area is 153 Å². The molecule has 6 nitrogen and oxygen atoms in total. The van der Waals surface area contributed by atoms with E-state index in [-0.39, 0.29) is 0 Å². The predicted octanol–water partition coefficient (Wildman–Crippen LogP) is 4.28. The largest absolute Gasteiger partial charge is 0.339 e. The predicted molar refractivity (Wildman–Crippen MR) is 103 cm³/mol. The minimum atomic E-state index is 0.553. The van der Waals surface area contributed by atoms with Crippen LogP contribution in [0.4, 0.5) is 11.5 Å². The fourth-order valence-corrected chi connectivity index (χ4v) is 3.25. The number of rotatable bonds is 3. The number of nitrogens with zero attached hydrogens (tertiary/aromatic N) is 5. The highest BCUT2D eigenvalue weighted by Gasteiger charge is 2.14. The zero-order valence-electron chi connectivity index (χ0n) is 14.2. The lowest BCUT2D eigenvalue weighted by Crippen LogP contribution is -2.08. The molecule has 4 aromatic rings. The second-order valence-electron chi connectivity index (χ2n) is 6.01. The third kappa shape index (κ3) is 2.91. The number of aromatic nitrogens is 5. The molecule has 7 heteroatoms. The van der Waals surface area contributed by atoms with Crippen LogP contribution in [-0.2, 0) is 7.05 Å². The molecule has 25 heavy (non-hydrogen) atoms. The standard InChI is InChI=1S/C18H17BrN6/c1-11-9-12(2)25(23-11)18-21-16(15-7-8-24(3)17(15)22-18)20-14-6-4-5-13(19)10-14/h4-10H,1-3H3,(H,20,21,22). The van der Waals surface area contributed by atoms with Gasteiger partial charge in [0, 0.05) is 29.1 Å². The summed E-state index contributed by atoms with van der Waals surface area (Å²) >= 11 is 3.50. The Balaban J connectivity index is 1.89. The number of fused-ring (bicyclic) bond motifs is 1. The van der Waals surface area contributed by atoms with Gasteiger partial charge in [-0.15, -0.1) is 0 Å². The van der Waals surface area contributed by atoms with Crippen LogP contribution in [0.3, 0.4) is 0 Å². The van der Waals surface area contributed by atoms with Gasteiger partial charge in [-0.05, 0) is 44.2 Å². The van der Waals surface area contributed by atoms with E-state index in [0.29, 0.717) is 5.95 Å². The molecular weight excluding hydrogens is 380 g/mol. The summed E-state index contributed by atoms with van der Waals surface area (Å²) in [6.07, 6.45) is 1.98. The highest BCUT2D eigenvalue weighted by atomic mass is 79.9. The van der Waals surface area contributed by atoms with Crippen molar-refractivity contribution in [1.82, 2.24) is 24.3 Å². The topological polar surface area (TPSA) is 60.6 Å². The third-order valence-corrected chi connectivity index (χ3v) is 4.49. The lowest BCUT2D eigenvalue weighted by Gasteiger charge is -2.10. The summed E-state index contributed by atoms with van der Waals surface area (Å²) in [5, 5.41) is 8.88. The summed E-state index contributed by atoms with van der Waals surface area (Å²) in [4.78, 5) is 9.44. The van der Waals surface area contributed by atoms with Gasteiger partial charge in [-0.2, -0.15) is 15.1 Å². The van der Waals surface area contributed by atoms with Crippen LogP contribution in [-0.4, -0.2) is 24.3 Å². The van der Waals surface area contributed by atoms with Crippen LogP contribution in [0.15, 0.2) is 47.1 Å². The Hall–Kier alpha value is -2.67. The quantitative estimate of drug-likeness (QED) is 0.561. The van der Waals surface area contributed by atoms with E-state index in [9.17, 15) is 0 Å². The number of hydrogen-bond donors (Lipinski definition) is 1. The molecule has 0 spiro atoms. The molecule has 3 heterocycles. The Morgan fingerprint density at radius 1 is 1.08 bits per heavy atom. The average Bonchev–Trinajstić information content (AvgIpc) is 3.10. The summed E-state index contributed by atoms with van der Waals surface area (Å²) < 4.78 is 4.77. The van der Waals surface area contributed by atoms with Gasteiger partial charge in [0.1, 0.15) is 11.5 Å². The van der Waals surface area contributed by atoms with Crippen molar-refractivity contribution in [2.45, 2.75) is 13.8 Å². The maximum atomic E-state index is 4.73. The highest BCUT2D eigenvalue weighted by molar-refractivity contribution is 9.10. The van der Waals surface area contributed by atoms with Crippen molar-refractivity contribution < 1.29 is 0 Å². The minimum absolute atomic E-state index is 0.553. The van der Waals surface area contributed by atoms with Gasteiger partial charge in [-0.25, -0.2) is 4.68 Å². The van der Waals surface area contributed by atoms with E-state index in [1.165, 1.54) is 0 Å². The van der Waals surface area contributed by atoms with Crippen LogP contribution < -0.4 is 5.32 Å². The monoisotopic (exact) mass is 396 g/mol. The van der Waals surface area contributed by atoms with Crippen LogP contribution in [0.5, 0.6) is 0 Å². The second kappa shape index (κ2) is 6.00. The van der Waals surface area contributed by atoms with Crippen molar-refractivity contribution in [1.29, 1.82) is 0 Å². The van der Waals surface area contributed by atoms with Gasteiger partial charge in [0.05, 0.1) is 11.1 Å². The zero-order valence-corrected chi connectivity index (χ0v) is 15.7. The smallest absolute Gasteiger partial charge is 0.254 e. The van der Waals surface area contributed by atoms with Crippen molar-refractivity contribution in [3.05, 3.63) is 58.5 Å². The van der Waals surface area contributed by atoms with Crippen LogP contribution in [0.2, 0.25) is 0 Å². The van der Waals surface area contributed by atoms with Gasteiger partial charge in [-0.1, -0.05) is 22.0 Å². The fourth-order valence-electron chi connectivity index (χ4n) is 2.85.